The Hall–Kier alpha value is -1.95. The molecule has 0 spiro atoms. The number of nitrogens with two attached hydrogens (primary N) is 1. The predicted molar refractivity (Wildman–Crippen MR) is 59.5 cm³/mol. The number of alkyl halides is 3. The van der Waals surface area contributed by atoms with E-state index in [2.05, 4.69) is 9.97 Å². The summed E-state index contributed by atoms with van der Waals surface area (Å²) in [5, 5.41) is 0. The predicted octanol–water partition coefficient (Wildman–Crippen LogP) is 2.54. The molecule has 3 nitrogen and oxygen atoms in total. The Morgan fingerprint density at radius 3 is 2.06 bits per heavy atom. The maximum Gasteiger partial charge on any atom is 0.416 e. The van der Waals surface area contributed by atoms with Crippen molar-refractivity contribution in [1.82, 2.24) is 9.97 Å². The zero-order chi connectivity index (χ0) is 13.2. The van der Waals surface area contributed by atoms with Gasteiger partial charge in [-0.25, -0.2) is 9.97 Å². The highest BCUT2D eigenvalue weighted by Crippen LogP contribution is 2.30. The molecule has 0 saturated carbocycles. The van der Waals surface area contributed by atoms with Crippen molar-refractivity contribution in [2.75, 3.05) is 0 Å². The van der Waals surface area contributed by atoms with Crippen molar-refractivity contribution in [3.8, 4) is 0 Å². The lowest BCUT2D eigenvalue weighted by atomic mass is 10.0. The van der Waals surface area contributed by atoms with Gasteiger partial charge in [-0.1, -0.05) is 12.1 Å². The van der Waals surface area contributed by atoms with Crippen LogP contribution >= 0.6 is 0 Å². The van der Waals surface area contributed by atoms with Gasteiger partial charge in [-0.3, -0.25) is 0 Å². The third kappa shape index (κ3) is 2.65. The molecular weight excluding hydrogens is 243 g/mol. The van der Waals surface area contributed by atoms with E-state index >= 15 is 0 Å². The molecule has 0 aliphatic carbocycles. The quantitative estimate of drug-likeness (QED) is 0.894. The van der Waals surface area contributed by atoms with Crippen molar-refractivity contribution in [1.29, 1.82) is 0 Å². The van der Waals surface area contributed by atoms with Gasteiger partial charge >= 0.3 is 6.18 Å². The molecule has 18 heavy (non-hydrogen) atoms. The second-order valence-corrected chi connectivity index (χ2v) is 3.70. The van der Waals surface area contributed by atoms with Crippen LogP contribution in [0.4, 0.5) is 13.2 Å². The van der Waals surface area contributed by atoms with Crippen molar-refractivity contribution in [3.05, 3.63) is 59.7 Å². The van der Waals surface area contributed by atoms with Gasteiger partial charge in [-0.15, -0.1) is 0 Å². The molecule has 0 fully saturated rings. The summed E-state index contributed by atoms with van der Waals surface area (Å²) >= 11 is 0. The minimum Gasteiger partial charge on any atom is -0.318 e. The van der Waals surface area contributed by atoms with Gasteiger partial charge < -0.3 is 5.73 Å². The lowest BCUT2D eigenvalue weighted by Crippen LogP contribution is -2.15. The molecule has 1 aromatic carbocycles. The van der Waals surface area contributed by atoms with E-state index < -0.39 is 17.8 Å². The van der Waals surface area contributed by atoms with Crippen molar-refractivity contribution in [3.63, 3.8) is 0 Å². The van der Waals surface area contributed by atoms with E-state index in [-0.39, 0.29) is 0 Å². The number of rotatable bonds is 2. The molecule has 0 aliphatic heterocycles. The van der Waals surface area contributed by atoms with E-state index in [0.717, 1.165) is 12.1 Å². The molecule has 1 heterocycles. The van der Waals surface area contributed by atoms with Gasteiger partial charge in [-0.05, 0) is 23.8 Å². The normalized spacial score (nSPS) is 13.3. The average molecular weight is 253 g/mol. The molecule has 6 heteroatoms. The summed E-state index contributed by atoms with van der Waals surface area (Å²) in [6.45, 7) is 0. The molecular formula is C12H10F3N3. The summed E-state index contributed by atoms with van der Waals surface area (Å²) in [6.07, 6.45) is -1.27. The standard InChI is InChI=1S/C12H10F3N3/c13-12(14,15)9-4-2-8(3-5-9)10(16)11-17-6-1-7-18-11/h1-7,10H,16H2/t10-/m0/s1. The molecule has 2 rings (SSSR count). The van der Waals surface area contributed by atoms with Gasteiger partial charge in [0.1, 0.15) is 5.82 Å². The molecule has 2 N–H and O–H groups in total. The fourth-order valence-corrected chi connectivity index (χ4v) is 1.50. The second kappa shape index (κ2) is 4.73. The van der Waals surface area contributed by atoms with Gasteiger partial charge in [0.05, 0.1) is 11.6 Å². The minimum atomic E-state index is -4.34. The van der Waals surface area contributed by atoms with Crippen LogP contribution < -0.4 is 5.73 Å². The first kappa shape index (κ1) is 12.5. The summed E-state index contributed by atoms with van der Waals surface area (Å²) in [5.74, 6) is 0.372. The lowest BCUT2D eigenvalue weighted by molar-refractivity contribution is -0.137. The molecule has 94 valence electrons. The van der Waals surface area contributed by atoms with E-state index in [9.17, 15) is 13.2 Å². The molecule has 0 saturated heterocycles. The number of halogens is 3. The Balaban J connectivity index is 2.25. The van der Waals surface area contributed by atoms with E-state index in [1.165, 1.54) is 24.5 Å². The molecule has 1 atom stereocenters. The molecule has 0 aliphatic rings. The summed E-state index contributed by atoms with van der Waals surface area (Å²) < 4.78 is 37.2. The molecule has 0 radical (unpaired) electrons. The third-order valence-electron chi connectivity index (χ3n) is 2.46. The first-order valence-corrected chi connectivity index (χ1v) is 5.18. The summed E-state index contributed by atoms with van der Waals surface area (Å²) in [6, 6.07) is 5.68. The van der Waals surface area contributed by atoms with Crippen LogP contribution in [0.15, 0.2) is 42.7 Å². The Morgan fingerprint density at radius 1 is 1.00 bits per heavy atom. The summed E-state index contributed by atoms with van der Waals surface area (Å²) in [4.78, 5) is 7.94. The van der Waals surface area contributed by atoms with E-state index in [0.29, 0.717) is 11.4 Å². The minimum absolute atomic E-state index is 0.372. The Bertz CT molecular complexity index is 508. The Labute approximate surface area is 101 Å². The van der Waals surface area contributed by atoms with Crippen LogP contribution in [0, 0.1) is 0 Å². The zero-order valence-corrected chi connectivity index (χ0v) is 9.22. The molecule has 0 amide bonds. The van der Waals surface area contributed by atoms with Crippen LogP contribution in [0.3, 0.4) is 0 Å². The number of aromatic nitrogens is 2. The van der Waals surface area contributed by atoms with Gasteiger partial charge in [0.25, 0.3) is 0 Å². The fraction of sp³-hybridized carbons (Fsp3) is 0.167. The Kier molecular flexibility index (Phi) is 3.29. The van der Waals surface area contributed by atoms with Crippen LogP contribution in [-0.4, -0.2) is 9.97 Å². The SMILES string of the molecule is N[C@@H](c1ccc(C(F)(F)F)cc1)c1ncccn1. The van der Waals surface area contributed by atoms with Gasteiger partial charge in [0, 0.05) is 12.4 Å². The summed E-state index contributed by atoms with van der Waals surface area (Å²) in [7, 11) is 0. The van der Waals surface area contributed by atoms with Crippen LogP contribution in [0.5, 0.6) is 0 Å². The number of benzene rings is 1. The van der Waals surface area contributed by atoms with Crippen LogP contribution in [-0.2, 0) is 6.18 Å². The molecule has 2 aromatic rings. The van der Waals surface area contributed by atoms with E-state index in [4.69, 9.17) is 5.73 Å². The topological polar surface area (TPSA) is 51.8 Å². The average Bonchev–Trinajstić information content (AvgIpc) is 2.38. The Morgan fingerprint density at radius 2 is 1.56 bits per heavy atom. The largest absolute Gasteiger partial charge is 0.416 e. The van der Waals surface area contributed by atoms with Crippen molar-refractivity contribution in [2.24, 2.45) is 5.73 Å². The molecule has 0 bridgehead atoms. The highest BCUT2D eigenvalue weighted by molar-refractivity contribution is 5.29. The smallest absolute Gasteiger partial charge is 0.318 e. The van der Waals surface area contributed by atoms with Gasteiger partial charge in [-0.2, -0.15) is 13.2 Å². The van der Waals surface area contributed by atoms with Crippen LogP contribution in [0.1, 0.15) is 23.0 Å². The maximum absolute atomic E-state index is 12.4. The fourth-order valence-electron chi connectivity index (χ4n) is 1.50. The second-order valence-electron chi connectivity index (χ2n) is 3.70. The van der Waals surface area contributed by atoms with E-state index in [1.54, 1.807) is 6.07 Å². The van der Waals surface area contributed by atoms with Gasteiger partial charge in [0.2, 0.25) is 0 Å². The van der Waals surface area contributed by atoms with Crippen molar-refractivity contribution < 1.29 is 13.2 Å². The molecule has 0 unspecified atom stereocenters. The zero-order valence-electron chi connectivity index (χ0n) is 9.22. The number of hydrogen-bond acceptors (Lipinski definition) is 3. The molecule has 1 aromatic heterocycles. The van der Waals surface area contributed by atoms with Crippen LogP contribution in [0.2, 0.25) is 0 Å². The first-order chi connectivity index (χ1) is 8.48. The van der Waals surface area contributed by atoms with Crippen molar-refractivity contribution in [2.45, 2.75) is 12.2 Å². The number of hydrogen-bond donors (Lipinski definition) is 1. The van der Waals surface area contributed by atoms with Gasteiger partial charge in [0.15, 0.2) is 0 Å². The highest BCUT2D eigenvalue weighted by atomic mass is 19.4. The summed E-state index contributed by atoms with van der Waals surface area (Å²) in [5.41, 5.74) is 5.70. The highest BCUT2D eigenvalue weighted by Gasteiger charge is 2.30. The maximum atomic E-state index is 12.4. The van der Waals surface area contributed by atoms with Crippen molar-refractivity contribution >= 4 is 0 Å². The van der Waals surface area contributed by atoms with E-state index in [1.807, 2.05) is 0 Å². The first-order valence-electron chi connectivity index (χ1n) is 5.18. The third-order valence-corrected chi connectivity index (χ3v) is 2.46. The monoisotopic (exact) mass is 253 g/mol. The van der Waals surface area contributed by atoms with Crippen LogP contribution in [0.25, 0.3) is 0 Å². The lowest BCUT2D eigenvalue weighted by Gasteiger charge is -2.12. The number of nitrogens with zero attached hydrogens (tertiary/aromatic N) is 2.